The van der Waals surface area contributed by atoms with Crippen LogP contribution in [0.4, 0.5) is 0 Å². The van der Waals surface area contributed by atoms with Gasteiger partial charge in [0.05, 0.1) is 12.0 Å². The third-order valence-corrected chi connectivity index (χ3v) is 3.54. The number of nitrogens with one attached hydrogen (secondary N) is 1. The predicted octanol–water partition coefficient (Wildman–Crippen LogP) is 2.12. The lowest BCUT2D eigenvalue weighted by Crippen LogP contribution is -2.10. The molecule has 0 spiro atoms. The van der Waals surface area contributed by atoms with Gasteiger partial charge in [-0.2, -0.15) is 11.8 Å². The summed E-state index contributed by atoms with van der Waals surface area (Å²) in [5.74, 6) is 4.24. The van der Waals surface area contributed by atoms with Gasteiger partial charge in [0.15, 0.2) is 0 Å². The average Bonchev–Trinajstić information content (AvgIpc) is 2.75. The van der Waals surface area contributed by atoms with Crippen molar-refractivity contribution in [2.45, 2.75) is 12.2 Å². The maximum atomic E-state index is 5.26. The van der Waals surface area contributed by atoms with Gasteiger partial charge in [-0.05, 0) is 43.3 Å². The Morgan fingerprint density at radius 2 is 2.62 bits per heavy atom. The van der Waals surface area contributed by atoms with Crippen LogP contribution in [0, 0.1) is 5.92 Å². The largest absolute Gasteiger partial charge is 0.468 e. The van der Waals surface area contributed by atoms with Crippen LogP contribution in [-0.4, -0.2) is 18.8 Å². The molecule has 3 heteroatoms. The summed E-state index contributed by atoms with van der Waals surface area (Å²) in [6.07, 6.45) is 3.08. The molecule has 1 aliphatic rings. The van der Waals surface area contributed by atoms with E-state index in [-0.39, 0.29) is 0 Å². The fourth-order valence-electron chi connectivity index (χ4n) is 1.58. The van der Waals surface area contributed by atoms with Gasteiger partial charge >= 0.3 is 0 Å². The molecule has 0 amide bonds. The number of hydrogen-bond acceptors (Lipinski definition) is 3. The van der Waals surface area contributed by atoms with Gasteiger partial charge in [-0.3, -0.25) is 0 Å². The molecule has 0 aromatic carbocycles. The van der Waals surface area contributed by atoms with Crippen molar-refractivity contribution in [3.8, 4) is 0 Å². The van der Waals surface area contributed by atoms with Crippen LogP contribution in [0.25, 0.3) is 0 Å². The highest BCUT2D eigenvalue weighted by molar-refractivity contribution is 7.98. The summed E-state index contributed by atoms with van der Waals surface area (Å²) in [6.45, 7) is 2.40. The molecule has 1 saturated heterocycles. The Morgan fingerprint density at radius 1 is 1.62 bits per heavy atom. The second kappa shape index (κ2) is 4.72. The minimum Gasteiger partial charge on any atom is -0.468 e. The normalized spacial score (nSPS) is 22.3. The zero-order valence-electron chi connectivity index (χ0n) is 7.66. The minimum absolute atomic E-state index is 0.875. The van der Waals surface area contributed by atoms with Crippen molar-refractivity contribution in [2.75, 3.05) is 18.8 Å². The fourth-order valence-corrected chi connectivity index (χ4v) is 2.68. The van der Waals surface area contributed by atoms with E-state index in [1.165, 1.54) is 25.3 Å². The minimum atomic E-state index is 0.875. The molecule has 0 saturated carbocycles. The lowest BCUT2D eigenvalue weighted by atomic mass is 10.2. The molecule has 1 aliphatic heterocycles. The van der Waals surface area contributed by atoms with E-state index in [1.54, 1.807) is 6.26 Å². The zero-order chi connectivity index (χ0) is 8.93. The first-order chi connectivity index (χ1) is 6.45. The highest BCUT2D eigenvalue weighted by Gasteiger charge is 2.13. The Bertz CT molecular complexity index is 229. The van der Waals surface area contributed by atoms with Crippen molar-refractivity contribution >= 4 is 11.8 Å². The van der Waals surface area contributed by atoms with E-state index < -0.39 is 0 Å². The van der Waals surface area contributed by atoms with Crippen molar-refractivity contribution in [3.05, 3.63) is 24.2 Å². The topological polar surface area (TPSA) is 25.2 Å². The van der Waals surface area contributed by atoms with Crippen LogP contribution in [0.5, 0.6) is 0 Å². The number of rotatable bonds is 4. The predicted molar refractivity (Wildman–Crippen MR) is 55.8 cm³/mol. The van der Waals surface area contributed by atoms with E-state index in [0.29, 0.717) is 0 Å². The molecule has 1 aromatic rings. The quantitative estimate of drug-likeness (QED) is 0.800. The fraction of sp³-hybridized carbons (Fsp3) is 0.600. The molecule has 1 unspecified atom stereocenters. The smallest absolute Gasteiger partial charge is 0.113 e. The number of thioether (sulfide) groups is 1. The monoisotopic (exact) mass is 197 g/mol. The van der Waals surface area contributed by atoms with Gasteiger partial charge in [-0.25, -0.2) is 0 Å². The van der Waals surface area contributed by atoms with Crippen LogP contribution in [0.1, 0.15) is 12.2 Å². The summed E-state index contributed by atoms with van der Waals surface area (Å²) in [5.41, 5.74) is 0. The molecule has 0 radical (unpaired) electrons. The van der Waals surface area contributed by atoms with E-state index in [9.17, 15) is 0 Å². The Kier molecular flexibility index (Phi) is 3.33. The maximum absolute atomic E-state index is 5.26. The Labute approximate surface area is 83.1 Å². The lowest BCUT2D eigenvalue weighted by Gasteiger charge is -2.05. The third kappa shape index (κ3) is 2.78. The first-order valence-corrected chi connectivity index (χ1v) is 5.91. The van der Waals surface area contributed by atoms with Gasteiger partial charge in [-0.15, -0.1) is 0 Å². The molecule has 2 rings (SSSR count). The van der Waals surface area contributed by atoms with E-state index in [1.807, 2.05) is 23.9 Å². The third-order valence-electron chi connectivity index (χ3n) is 2.34. The van der Waals surface area contributed by atoms with Gasteiger partial charge in [0.25, 0.3) is 0 Å². The second-order valence-electron chi connectivity index (χ2n) is 3.45. The van der Waals surface area contributed by atoms with Gasteiger partial charge in [-0.1, -0.05) is 0 Å². The Hall–Kier alpha value is -0.410. The van der Waals surface area contributed by atoms with Crippen LogP contribution in [0.15, 0.2) is 22.8 Å². The highest BCUT2D eigenvalue weighted by Crippen LogP contribution is 2.19. The Balaban J connectivity index is 1.63. The van der Waals surface area contributed by atoms with Gasteiger partial charge in [0.2, 0.25) is 0 Å². The van der Waals surface area contributed by atoms with Crippen molar-refractivity contribution in [2.24, 2.45) is 5.92 Å². The summed E-state index contributed by atoms with van der Waals surface area (Å²) in [6, 6.07) is 3.99. The maximum Gasteiger partial charge on any atom is 0.113 e. The molecule has 2 nitrogen and oxygen atoms in total. The van der Waals surface area contributed by atoms with Crippen molar-refractivity contribution in [1.29, 1.82) is 0 Å². The van der Waals surface area contributed by atoms with Gasteiger partial charge < -0.3 is 9.73 Å². The van der Waals surface area contributed by atoms with E-state index in [0.717, 1.165) is 17.4 Å². The van der Waals surface area contributed by atoms with Crippen LogP contribution in [0.2, 0.25) is 0 Å². The first-order valence-electron chi connectivity index (χ1n) is 4.76. The molecule has 0 aliphatic carbocycles. The van der Waals surface area contributed by atoms with Gasteiger partial charge in [0.1, 0.15) is 5.76 Å². The van der Waals surface area contributed by atoms with Crippen LogP contribution >= 0.6 is 11.8 Å². The van der Waals surface area contributed by atoms with Crippen LogP contribution < -0.4 is 5.32 Å². The molecule has 13 heavy (non-hydrogen) atoms. The van der Waals surface area contributed by atoms with Gasteiger partial charge in [0, 0.05) is 0 Å². The summed E-state index contributed by atoms with van der Waals surface area (Å²) in [4.78, 5) is 0. The van der Waals surface area contributed by atoms with Crippen molar-refractivity contribution in [3.63, 3.8) is 0 Å². The summed E-state index contributed by atoms with van der Waals surface area (Å²) in [7, 11) is 0. The average molecular weight is 197 g/mol. The Morgan fingerprint density at radius 3 is 3.31 bits per heavy atom. The molecule has 1 aromatic heterocycles. The molecular weight excluding hydrogens is 182 g/mol. The first kappa shape index (κ1) is 9.16. The molecule has 0 bridgehead atoms. The summed E-state index contributed by atoms with van der Waals surface area (Å²) >= 11 is 1.97. The summed E-state index contributed by atoms with van der Waals surface area (Å²) in [5, 5.41) is 3.38. The molecule has 1 N–H and O–H groups in total. The molecule has 72 valence electrons. The second-order valence-corrected chi connectivity index (χ2v) is 4.48. The number of hydrogen-bond donors (Lipinski definition) is 1. The van der Waals surface area contributed by atoms with E-state index >= 15 is 0 Å². The summed E-state index contributed by atoms with van der Waals surface area (Å²) < 4.78 is 5.26. The molecular formula is C10H15NOS. The molecule has 1 fully saturated rings. The van der Waals surface area contributed by atoms with Crippen molar-refractivity contribution in [1.82, 2.24) is 5.32 Å². The van der Waals surface area contributed by atoms with E-state index in [4.69, 9.17) is 4.42 Å². The SMILES string of the molecule is c1coc(CSCC2CCNC2)c1. The van der Waals surface area contributed by atoms with Crippen molar-refractivity contribution < 1.29 is 4.42 Å². The number of furan rings is 1. The molecule has 2 heterocycles. The standard InChI is InChI=1S/C10H15NOS/c1-2-10(12-5-1)8-13-7-9-3-4-11-6-9/h1-2,5,9,11H,3-4,6-8H2. The zero-order valence-corrected chi connectivity index (χ0v) is 8.48. The lowest BCUT2D eigenvalue weighted by molar-refractivity contribution is 0.530. The molecule has 1 atom stereocenters. The van der Waals surface area contributed by atoms with E-state index in [2.05, 4.69) is 5.32 Å². The highest BCUT2D eigenvalue weighted by atomic mass is 32.2. The van der Waals surface area contributed by atoms with Crippen LogP contribution in [0.3, 0.4) is 0 Å². The van der Waals surface area contributed by atoms with Crippen LogP contribution in [-0.2, 0) is 5.75 Å².